The third-order valence-electron chi connectivity index (χ3n) is 4.67. The molecule has 0 unspecified atom stereocenters. The second-order valence-corrected chi connectivity index (χ2v) is 8.73. The van der Waals surface area contributed by atoms with Crippen LogP contribution in [0.2, 0.25) is 0 Å². The van der Waals surface area contributed by atoms with Crippen molar-refractivity contribution in [2.24, 2.45) is 0 Å². The molecule has 0 bridgehead atoms. The van der Waals surface area contributed by atoms with Gasteiger partial charge in [-0.1, -0.05) is 60.7 Å². The highest BCUT2D eigenvalue weighted by Crippen LogP contribution is 2.03. The molecular weight excluding hydrogens is 468 g/mol. The fourth-order valence-electron chi connectivity index (χ4n) is 2.84. The van der Waals surface area contributed by atoms with Crippen molar-refractivity contribution in [2.45, 2.75) is 25.9 Å². The zero-order valence-corrected chi connectivity index (χ0v) is 23.6. The zero-order valence-electron chi connectivity index (χ0n) is 28.7. The van der Waals surface area contributed by atoms with Crippen molar-refractivity contribution in [1.82, 2.24) is 20.0 Å². The Bertz CT molecular complexity index is 866. The standard InChI is InChI=1S/C12H20N2.C11H17NOS.C4H8O.C2H7N/c1-13(2)9-10-14(3)11-12-7-5-4-6-8-12;1-12(7-8-13-10-14)9-11-5-3-2-4-6-11;1-2-4-5-3-1;1-3-2/h4-8H,9-11H2,1-3H3;2-6,14H,7-10H2,1H3;1-4H2;3H,1-2H3/i3D3;1D3;;. The third-order valence-corrected chi connectivity index (χ3v) is 4.86. The van der Waals surface area contributed by atoms with Crippen molar-refractivity contribution in [2.75, 3.05) is 87.5 Å². The second kappa shape index (κ2) is 25.2. The minimum absolute atomic E-state index is 0.306. The number of nitrogens with one attached hydrogen (secondary N) is 1. The molecule has 0 aromatic heterocycles. The molecule has 0 spiro atoms. The molecule has 0 saturated carbocycles. The molecule has 1 N–H and O–H groups in total. The van der Waals surface area contributed by atoms with E-state index in [0.717, 1.165) is 30.9 Å². The first-order valence-corrected chi connectivity index (χ1v) is 13.1. The quantitative estimate of drug-likeness (QED) is 0.258. The van der Waals surface area contributed by atoms with Gasteiger partial charge in [0.05, 0.1) is 12.5 Å². The molecule has 1 aliphatic rings. The van der Waals surface area contributed by atoms with E-state index in [0.29, 0.717) is 38.7 Å². The lowest BCUT2D eigenvalue weighted by atomic mass is 10.2. The smallest absolute Gasteiger partial charge is 0.0893 e. The highest BCUT2D eigenvalue weighted by molar-refractivity contribution is 7.80. The molecule has 0 aliphatic carbocycles. The molecule has 2 aromatic rings. The van der Waals surface area contributed by atoms with Crippen LogP contribution in [0.5, 0.6) is 0 Å². The second-order valence-electron chi connectivity index (χ2n) is 8.47. The first-order chi connectivity index (χ1) is 19.8. The van der Waals surface area contributed by atoms with E-state index < -0.39 is 14.0 Å². The summed E-state index contributed by atoms with van der Waals surface area (Å²) < 4.78 is 55.0. The minimum atomic E-state index is -2.10. The summed E-state index contributed by atoms with van der Waals surface area (Å²) >= 11 is 3.91. The van der Waals surface area contributed by atoms with Gasteiger partial charge in [0.2, 0.25) is 0 Å². The predicted molar refractivity (Wildman–Crippen MR) is 159 cm³/mol. The van der Waals surface area contributed by atoms with Gasteiger partial charge < -0.3 is 24.6 Å². The largest absolute Gasteiger partial charge is 0.381 e. The van der Waals surface area contributed by atoms with Crippen molar-refractivity contribution in [3.63, 3.8) is 0 Å². The first-order valence-electron chi connectivity index (χ1n) is 15.4. The summed E-state index contributed by atoms with van der Waals surface area (Å²) in [4.78, 5) is 4.94. The molecule has 7 heteroatoms. The number of nitrogens with zero attached hydrogens (tertiary/aromatic N) is 3. The van der Waals surface area contributed by atoms with Gasteiger partial charge in [-0.15, -0.1) is 0 Å². The first kappa shape index (κ1) is 24.9. The summed E-state index contributed by atoms with van der Waals surface area (Å²) in [7, 11) is 7.64. The summed E-state index contributed by atoms with van der Waals surface area (Å²) in [5, 5.41) is 2.75. The number of ether oxygens (including phenoxy) is 2. The molecule has 1 heterocycles. The molecule has 1 saturated heterocycles. The molecular formula is C29H52N4O2S. The molecule has 6 nitrogen and oxygen atoms in total. The predicted octanol–water partition coefficient (Wildman–Crippen LogP) is 4.33. The summed E-state index contributed by atoms with van der Waals surface area (Å²) in [6, 6.07) is 19.2. The molecule has 1 aliphatic heterocycles. The Morgan fingerprint density at radius 2 is 1.31 bits per heavy atom. The van der Waals surface area contributed by atoms with Gasteiger partial charge in [-0.05, 0) is 66.1 Å². The fraction of sp³-hybridized carbons (Fsp3) is 0.586. The van der Waals surface area contributed by atoms with Gasteiger partial charge >= 0.3 is 0 Å². The monoisotopic (exact) mass is 526 g/mol. The maximum absolute atomic E-state index is 7.52. The Labute approximate surface area is 235 Å². The number of benzene rings is 2. The Kier molecular flexibility index (Phi) is 17.4. The van der Waals surface area contributed by atoms with Crippen LogP contribution in [0.3, 0.4) is 0 Å². The highest BCUT2D eigenvalue weighted by atomic mass is 32.1. The molecule has 206 valence electrons. The van der Waals surface area contributed by atoms with E-state index in [1.165, 1.54) is 22.6 Å². The van der Waals surface area contributed by atoms with Crippen LogP contribution in [0.1, 0.15) is 32.2 Å². The van der Waals surface area contributed by atoms with Crippen molar-refractivity contribution in [1.29, 1.82) is 0 Å². The summed E-state index contributed by atoms with van der Waals surface area (Å²) in [5.41, 5.74) is 2.01. The Morgan fingerprint density at radius 3 is 1.67 bits per heavy atom. The Morgan fingerprint density at radius 1 is 0.833 bits per heavy atom. The van der Waals surface area contributed by atoms with Crippen LogP contribution in [0, 0.1) is 0 Å². The van der Waals surface area contributed by atoms with Crippen LogP contribution in [0.15, 0.2) is 60.7 Å². The van der Waals surface area contributed by atoms with E-state index in [1.54, 1.807) is 0 Å². The number of thiol groups is 1. The van der Waals surface area contributed by atoms with Crippen molar-refractivity contribution in [3.8, 4) is 0 Å². The van der Waals surface area contributed by atoms with Crippen LogP contribution in [0.4, 0.5) is 0 Å². The lowest BCUT2D eigenvalue weighted by molar-refractivity contribution is 0.148. The molecule has 3 rings (SSSR count). The van der Waals surface area contributed by atoms with Gasteiger partial charge in [-0.2, -0.15) is 12.6 Å². The maximum Gasteiger partial charge on any atom is 0.0893 e. The highest BCUT2D eigenvalue weighted by Gasteiger charge is 2.00. The molecule has 1 fully saturated rings. The van der Waals surface area contributed by atoms with Gasteiger partial charge in [0.1, 0.15) is 0 Å². The summed E-state index contributed by atoms with van der Waals surface area (Å²) in [6.45, 7) is 0.740. The molecule has 0 radical (unpaired) electrons. The number of hydrogen-bond acceptors (Lipinski definition) is 7. The average Bonchev–Trinajstić information content (AvgIpc) is 3.52. The van der Waals surface area contributed by atoms with E-state index >= 15 is 0 Å². The molecule has 0 atom stereocenters. The van der Waals surface area contributed by atoms with Crippen molar-refractivity contribution >= 4 is 12.6 Å². The average molecular weight is 527 g/mol. The Balaban J connectivity index is 0.000000634. The zero-order chi connectivity index (χ0) is 31.9. The van der Waals surface area contributed by atoms with Gasteiger partial charge in [0.25, 0.3) is 0 Å². The van der Waals surface area contributed by atoms with Crippen LogP contribution < -0.4 is 5.32 Å². The van der Waals surface area contributed by atoms with E-state index in [2.05, 4.69) is 17.9 Å². The van der Waals surface area contributed by atoms with Gasteiger partial charge in [0.15, 0.2) is 0 Å². The summed E-state index contributed by atoms with van der Waals surface area (Å²) in [5.74, 6) is 0.306. The Hall–Kier alpha value is -1.45. The van der Waals surface area contributed by atoms with Crippen molar-refractivity contribution < 1.29 is 17.7 Å². The molecule has 36 heavy (non-hydrogen) atoms. The van der Waals surface area contributed by atoms with Crippen LogP contribution in [-0.4, -0.2) is 102 Å². The van der Waals surface area contributed by atoms with Crippen LogP contribution in [-0.2, 0) is 22.6 Å². The van der Waals surface area contributed by atoms with E-state index in [1.807, 2.05) is 93.8 Å². The molecule has 0 amide bonds. The molecule has 2 aromatic carbocycles. The van der Waals surface area contributed by atoms with Gasteiger partial charge in [0, 0.05) is 54.2 Å². The van der Waals surface area contributed by atoms with Crippen LogP contribution in [0.25, 0.3) is 0 Å². The SMILES string of the molecule is C1CCOC1.CNC.[2H]C([2H])([2H])N(CCN(C)C)Cc1ccccc1.[2H]C([2H])([2H])N(CCOCS)Cc1ccccc1. The number of likely N-dealkylation sites (N-methyl/N-ethyl adjacent to an activating group) is 3. The number of hydrogen-bond donors (Lipinski definition) is 2. The van der Waals surface area contributed by atoms with E-state index in [-0.39, 0.29) is 0 Å². The normalized spacial score (nSPS) is 15.6. The lowest BCUT2D eigenvalue weighted by Gasteiger charge is -2.19. The maximum atomic E-state index is 7.52. The van der Waals surface area contributed by atoms with Gasteiger partial charge in [-0.25, -0.2) is 0 Å². The minimum Gasteiger partial charge on any atom is -0.381 e. The third kappa shape index (κ3) is 23.0. The summed E-state index contributed by atoms with van der Waals surface area (Å²) in [6.07, 6.45) is 2.56. The van der Waals surface area contributed by atoms with E-state index in [9.17, 15) is 0 Å². The lowest BCUT2D eigenvalue weighted by Crippen LogP contribution is -2.28. The van der Waals surface area contributed by atoms with Crippen LogP contribution >= 0.6 is 12.6 Å². The van der Waals surface area contributed by atoms with Crippen molar-refractivity contribution in [3.05, 3.63) is 71.8 Å². The topological polar surface area (TPSA) is 40.2 Å². The number of rotatable bonds is 11. The van der Waals surface area contributed by atoms with Gasteiger partial charge in [-0.3, -0.25) is 4.90 Å². The van der Waals surface area contributed by atoms with E-state index in [4.69, 9.17) is 17.7 Å². The fourth-order valence-corrected chi connectivity index (χ4v) is 2.97.